The van der Waals surface area contributed by atoms with E-state index in [9.17, 15) is 19.5 Å². The maximum Gasteiger partial charge on any atom is 0.305 e. The molecule has 2 fully saturated rings. The zero-order chi connectivity index (χ0) is 23.1. The maximum absolute atomic E-state index is 13.0. The highest BCUT2D eigenvalue weighted by Crippen LogP contribution is 2.26. The van der Waals surface area contributed by atoms with Crippen molar-refractivity contribution in [3.05, 3.63) is 28.0 Å². The van der Waals surface area contributed by atoms with Crippen LogP contribution in [0.2, 0.25) is 10.2 Å². The Morgan fingerprint density at radius 2 is 2.00 bits per heavy atom. The molecule has 0 aromatic carbocycles. The van der Waals surface area contributed by atoms with Crippen LogP contribution in [0, 0.1) is 11.8 Å². The number of aromatic nitrogens is 1. The number of hydrogen-bond donors (Lipinski definition) is 3. The maximum atomic E-state index is 13.0. The van der Waals surface area contributed by atoms with Gasteiger partial charge in [0.15, 0.2) is 0 Å². The second-order valence-electron chi connectivity index (χ2n) is 8.61. The predicted molar refractivity (Wildman–Crippen MR) is 122 cm³/mol. The van der Waals surface area contributed by atoms with E-state index in [0.29, 0.717) is 37.4 Å². The Morgan fingerprint density at radius 3 is 2.69 bits per heavy atom. The van der Waals surface area contributed by atoms with E-state index in [0.717, 1.165) is 38.8 Å². The molecule has 2 amide bonds. The molecule has 2 aliphatic rings. The lowest BCUT2D eigenvalue weighted by Crippen LogP contribution is -2.46. The van der Waals surface area contributed by atoms with Gasteiger partial charge in [-0.05, 0) is 62.7 Å². The van der Waals surface area contributed by atoms with E-state index in [4.69, 9.17) is 23.2 Å². The number of carboxylic acid groups (broad SMARTS) is 1. The summed E-state index contributed by atoms with van der Waals surface area (Å²) in [6.45, 7) is 3.04. The lowest BCUT2D eigenvalue weighted by Gasteiger charge is -2.33. The summed E-state index contributed by atoms with van der Waals surface area (Å²) < 4.78 is 0. The summed E-state index contributed by atoms with van der Waals surface area (Å²) in [4.78, 5) is 42.8. The first-order valence-electron chi connectivity index (χ1n) is 11.1. The van der Waals surface area contributed by atoms with E-state index in [2.05, 4.69) is 15.6 Å². The fraction of sp³-hybridized carbons (Fsp3) is 0.636. The van der Waals surface area contributed by atoms with Gasteiger partial charge < -0.3 is 20.6 Å². The summed E-state index contributed by atoms with van der Waals surface area (Å²) in [5, 5.41) is 15.7. The number of nitrogens with zero attached hydrogens (tertiary/aromatic N) is 2. The monoisotopic (exact) mass is 484 g/mol. The van der Waals surface area contributed by atoms with Crippen LogP contribution in [0.5, 0.6) is 0 Å². The molecule has 3 N–H and O–H groups in total. The van der Waals surface area contributed by atoms with Crippen LogP contribution in [0.15, 0.2) is 12.3 Å². The van der Waals surface area contributed by atoms with Gasteiger partial charge in [-0.2, -0.15) is 0 Å². The smallest absolute Gasteiger partial charge is 0.305 e. The summed E-state index contributed by atoms with van der Waals surface area (Å²) in [6, 6.07) is 0.732. The number of amides is 2. The number of aliphatic carboxylic acids is 1. The van der Waals surface area contributed by atoms with Crippen LogP contribution in [0.1, 0.15) is 56.6 Å². The molecule has 1 aromatic rings. The second-order valence-corrected chi connectivity index (χ2v) is 9.38. The number of carboxylic acids is 1. The quantitative estimate of drug-likeness (QED) is 0.488. The molecule has 2 aliphatic heterocycles. The summed E-state index contributed by atoms with van der Waals surface area (Å²) >= 11 is 11.9. The van der Waals surface area contributed by atoms with Crippen LogP contribution in [-0.4, -0.2) is 59.0 Å². The van der Waals surface area contributed by atoms with Crippen molar-refractivity contribution >= 4 is 41.0 Å². The third-order valence-corrected chi connectivity index (χ3v) is 6.97. The molecule has 1 aromatic heterocycles. The topological polar surface area (TPSA) is 112 Å². The number of halogens is 2. The minimum Gasteiger partial charge on any atom is -0.481 e. The zero-order valence-electron chi connectivity index (χ0n) is 18.0. The summed E-state index contributed by atoms with van der Waals surface area (Å²) in [5.41, 5.74) is 0.473. The van der Waals surface area contributed by atoms with E-state index in [1.165, 1.54) is 12.3 Å². The van der Waals surface area contributed by atoms with E-state index in [-0.39, 0.29) is 34.3 Å². The van der Waals surface area contributed by atoms with Crippen molar-refractivity contribution in [2.45, 2.75) is 51.0 Å². The number of carbonyl (C=O) groups is 3. The largest absolute Gasteiger partial charge is 0.481 e. The minimum atomic E-state index is -1.06. The second kappa shape index (κ2) is 11.8. The third-order valence-electron chi connectivity index (χ3n) is 6.29. The number of likely N-dealkylation sites (tertiary alicyclic amines) is 1. The fourth-order valence-electron chi connectivity index (χ4n) is 4.42. The van der Waals surface area contributed by atoms with Gasteiger partial charge in [-0.25, -0.2) is 4.98 Å². The molecule has 0 aliphatic carbocycles. The van der Waals surface area contributed by atoms with Crippen molar-refractivity contribution in [3.8, 4) is 0 Å². The molecule has 0 saturated carbocycles. The molecule has 3 rings (SSSR count). The molecule has 176 valence electrons. The first-order valence-corrected chi connectivity index (χ1v) is 11.9. The van der Waals surface area contributed by atoms with E-state index in [1.807, 2.05) is 0 Å². The molecule has 0 spiro atoms. The van der Waals surface area contributed by atoms with Crippen molar-refractivity contribution in [1.29, 1.82) is 0 Å². The number of rotatable bonds is 8. The first-order chi connectivity index (χ1) is 15.3. The number of hydrogen-bond acceptors (Lipinski definition) is 5. The first kappa shape index (κ1) is 24.7. The molecule has 8 nitrogen and oxygen atoms in total. The van der Waals surface area contributed by atoms with Crippen LogP contribution in [0.3, 0.4) is 0 Å². The molecule has 2 atom stereocenters. The summed E-state index contributed by atoms with van der Waals surface area (Å²) in [5.74, 6) is -1.02. The highest BCUT2D eigenvalue weighted by Gasteiger charge is 2.30. The SMILES string of the molecule is O=C(O)C[C@H](NC(=O)[C@@H]1CCCN(C(=O)CCC2CCNCC2)C1)c1cnc(Cl)c(Cl)c1. The normalized spacial score (nSPS) is 20.6. The lowest BCUT2D eigenvalue weighted by molar-refractivity contribution is -0.138. The highest BCUT2D eigenvalue weighted by atomic mass is 35.5. The van der Waals surface area contributed by atoms with Gasteiger partial charge in [-0.1, -0.05) is 23.2 Å². The molecule has 2 saturated heterocycles. The van der Waals surface area contributed by atoms with Gasteiger partial charge in [0.1, 0.15) is 5.15 Å². The predicted octanol–water partition coefficient (Wildman–Crippen LogP) is 3.04. The number of piperidine rings is 2. The van der Waals surface area contributed by atoms with Gasteiger partial charge in [0.25, 0.3) is 0 Å². The average Bonchev–Trinajstić information content (AvgIpc) is 2.79. The molecule has 10 heteroatoms. The zero-order valence-corrected chi connectivity index (χ0v) is 19.5. The Hall–Kier alpha value is -1.90. The molecule has 32 heavy (non-hydrogen) atoms. The van der Waals surface area contributed by atoms with Crippen molar-refractivity contribution in [2.75, 3.05) is 26.2 Å². The van der Waals surface area contributed by atoms with E-state index in [1.54, 1.807) is 4.90 Å². The van der Waals surface area contributed by atoms with Crippen molar-refractivity contribution in [3.63, 3.8) is 0 Å². The standard InChI is InChI=1S/C22H30Cl2N4O4/c23-17-10-16(12-26-21(17)24)18(11-20(30)31)27-22(32)15-2-1-9-28(13-15)19(29)4-3-14-5-7-25-8-6-14/h10,12,14-15,18,25H,1-9,11,13H2,(H,27,32)(H,30,31)/t15-,18+/m1/s1. The average molecular weight is 485 g/mol. The fourth-order valence-corrected chi connectivity index (χ4v) is 4.69. The van der Waals surface area contributed by atoms with Crippen molar-refractivity contribution in [2.24, 2.45) is 11.8 Å². The summed E-state index contributed by atoms with van der Waals surface area (Å²) in [7, 11) is 0. The van der Waals surface area contributed by atoms with Gasteiger partial charge in [0.2, 0.25) is 11.8 Å². The van der Waals surface area contributed by atoms with Crippen molar-refractivity contribution < 1.29 is 19.5 Å². The molecule has 0 radical (unpaired) electrons. The van der Waals surface area contributed by atoms with Crippen LogP contribution in [0.4, 0.5) is 0 Å². The number of pyridine rings is 1. The number of carbonyl (C=O) groups excluding carboxylic acids is 2. The van der Waals surface area contributed by atoms with Crippen LogP contribution >= 0.6 is 23.2 Å². The minimum absolute atomic E-state index is 0.0943. The molecule has 3 heterocycles. The van der Waals surface area contributed by atoms with Gasteiger partial charge in [0, 0.05) is 25.7 Å². The Balaban J connectivity index is 1.57. The Bertz CT molecular complexity index is 832. The number of nitrogens with one attached hydrogen (secondary N) is 2. The highest BCUT2D eigenvalue weighted by molar-refractivity contribution is 6.41. The Labute approximate surface area is 198 Å². The van der Waals surface area contributed by atoms with Crippen LogP contribution in [0.25, 0.3) is 0 Å². The Kier molecular flexibility index (Phi) is 9.13. The van der Waals surface area contributed by atoms with Crippen molar-refractivity contribution in [1.82, 2.24) is 20.5 Å². The Morgan fingerprint density at radius 1 is 1.25 bits per heavy atom. The van der Waals surface area contributed by atoms with Gasteiger partial charge in [-0.15, -0.1) is 0 Å². The van der Waals surface area contributed by atoms with E-state index < -0.39 is 12.0 Å². The molecule has 0 unspecified atom stereocenters. The summed E-state index contributed by atoms with van der Waals surface area (Å²) in [6.07, 6.45) is 6.11. The van der Waals surface area contributed by atoms with Crippen LogP contribution < -0.4 is 10.6 Å². The lowest BCUT2D eigenvalue weighted by atomic mass is 9.92. The molecule has 0 bridgehead atoms. The molecular formula is C22H30Cl2N4O4. The van der Waals surface area contributed by atoms with Gasteiger partial charge in [0.05, 0.1) is 23.4 Å². The van der Waals surface area contributed by atoms with E-state index >= 15 is 0 Å². The van der Waals surface area contributed by atoms with Gasteiger partial charge in [-0.3, -0.25) is 14.4 Å². The third kappa shape index (κ3) is 7.05. The van der Waals surface area contributed by atoms with Crippen LogP contribution in [-0.2, 0) is 14.4 Å². The molecular weight excluding hydrogens is 455 g/mol. The van der Waals surface area contributed by atoms with Gasteiger partial charge >= 0.3 is 5.97 Å².